The Morgan fingerprint density at radius 1 is 1.21 bits per heavy atom. The molecule has 144 valence electrons. The Morgan fingerprint density at radius 2 is 2.11 bits per heavy atom. The fraction of sp³-hybridized carbons (Fsp3) is 0.333. The molecule has 0 bridgehead atoms. The summed E-state index contributed by atoms with van der Waals surface area (Å²) >= 11 is 0. The zero-order valence-corrected chi connectivity index (χ0v) is 15.8. The van der Waals surface area contributed by atoms with Crippen LogP contribution in [0.4, 0.5) is 5.82 Å². The monoisotopic (exact) mass is 377 g/mol. The summed E-state index contributed by atoms with van der Waals surface area (Å²) in [5.74, 6) is 0.683. The molecule has 1 saturated heterocycles. The molecule has 1 unspecified atom stereocenters. The van der Waals surface area contributed by atoms with Gasteiger partial charge < -0.3 is 10.2 Å². The van der Waals surface area contributed by atoms with E-state index in [1.807, 2.05) is 24.3 Å². The molecule has 7 nitrogen and oxygen atoms in total. The molecule has 7 heteroatoms. The third-order valence-electron chi connectivity index (χ3n) is 5.23. The number of aryl methyl sites for hydroxylation is 1. The van der Waals surface area contributed by atoms with Gasteiger partial charge in [0.05, 0.1) is 5.52 Å². The van der Waals surface area contributed by atoms with Gasteiger partial charge in [0, 0.05) is 49.4 Å². The van der Waals surface area contributed by atoms with E-state index in [2.05, 4.69) is 20.3 Å². The molecule has 3 aromatic rings. The molecule has 1 atom stereocenters. The summed E-state index contributed by atoms with van der Waals surface area (Å²) in [6.45, 7) is 1.40. The van der Waals surface area contributed by atoms with Crippen LogP contribution in [0.25, 0.3) is 10.9 Å². The number of fused-ring (bicyclic) bond motifs is 1. The molecule has 1 amide bonds. The summed E-state index contributed by atoms with van der Waals surface area (Å²) in [6, 6.07) is 12.8. The summed E-state index contributed by atoms with van der Waals surface area (Å²) < 4.78 is 1.35. The second-order valence-electron chi connectivity index (χ2n) is 7.12. The first-order valence-electron chi connectivity index (χ1n) is 9.56. The fourth-order valence-electron chi connectivity index (χ4n) is 3.69. The van der Waals surface area contributed by atoms with E-state index >= 15 is 0 Å². The predicted octanol–water partition coefficient (Wildman–Crippen LogP) is 2.12. The fourth-order valence-corrected chi connectivity index (χ4v) is 3.69. The molecule has 2 aromatic heterocycles. The molecular formula is C21H23N5O2. The number of carbonyl (C=O) groups is 1. The number of nitrogens with zero attached hydrogens (tertiary/aromatic N) is 4. The highest BCUT2D eigenvalue weighted by Crippen LogP contribution is 2.22. The van der Waals surface area contributed by atoms with E-state index in [-0.39, 0.29) is 17.5 Å². The van der Waals surface area contributed by atoms with Crippen molar-refractivity contribution in [2.45, 2.75) is 25.3 Å². The SMILES string of the molecule is Cn1nc(N2CCCCC2CNC(=O)c2ccc3ncccc3c2)ccc1=O. The molecule has 3 heterocycles. The first-order chi connectivity index (χ1) is 13.6. The van der Waals surface area contributed by atoms with E-state index in [1.54, 1.807) is 25.4 Å². The van der Waals surface area contributed by atoms with Gasteiger partial charge in [0.2, 0.25) is 0 Å². The number of aromatic nitrogens is 3. The van der Waals surface area contributed by atoms with Crippen LogP contribution in [0.3, 0.4) is 0 Å². The van der Waals surface area contributed by atoms with Gasteiger partial charge in [-0.15, -0.1) is 0 Å². The maximum atomic E-state index is 12.7. The Hall–Kier alpha value is -3.22. The molecule has 0 saturated carbocycles. The number of piperidine rings is 1. The number of carbonyl (C=O) groups excluding carboxylic acids is 1. The molecule has 1 aliphatic heterocycles. The number of rotatable bonds is 4. The Bertz CT molecular complexity index is 1060. The van der Waals surface area contributed by atoms with E-state index in [0.29, 0.717) is 12.1 Å². The van der Waals surface area contributed by atoms with Gasteiger partial charge in [-0.1, -0.05) is 6.07 Å². The molecule has 28 heavy (non-hydrogen) atoms. The van der Waals surface area contributed by atoms with Crippen molar-refractivity contribution in [1.82, 2.24) is 20.1 Å². The van der Waals surface area contributed by atoms with E-state index in [0.717, 1.165) is 42.5 Å². The highest BCUT2D eigenvalue weighted by Gasteiger charge is 2.24. The van der Waals surface area contributed by atoms with E-state index in [4.69, 9.17) is 0 Å². The van der Waals surface area contributed by atoms with Crippen molar-refractivity contribution in [3.8, 4) is 0 Å². The highest BCUT2D eigenvalue weighted by molar-refractivity contribution is 5.97. The number of anilines is 1. The van der Waals surface area contributed by atoms with Crippen LogP contribution in [0.5, 0.6) is 0 Å². The Balaban J connectivity index is 1.47. The Morgan fingerprint density at radius 3 is 2.96 bits per heavy atom. The molecule has 1 N–H and O–H groups in total. The predicted molar refractivity (Wildman–Crippen MR) is 109 cm³/mol. The lowest BCUT2D eigenvalue weighted by atomic mass is 10.0. The normalized spacial score (nSPS) is 16.9. The van der Waals surface area contributed by atoms with Crippen LogP contribution in [0.2, 0.25) is 0 Å². The van der Waals surface area contributed by atoms with Crippen molar-refractivity contribution in [2.75, 3.05) is 18.0 Å². The largest absolute Gasteiger partial charge is 0.350 e. The van der Waals surface area contributed by atoms with E-state index < -0.39 is 0 Å². The van der Waals surface area contributed by atoms with Crippen molar-refractivity contribution >= 4 is 22.6 Å². The minimum Gasteiger partial charge on any atom is -0.350 e. The van der Waals surface area contributed by atoms with Crippen molar-refractivity contribution in [3.63, 3.8) is 0 Å². The minimum absolute atomic E-state index is 0.0929. The first kappa shape index (κ1) is 18.2. The minimum atomic E-state index is -0.128. The summed E-state index contributed by atoms with van der Waals surface area (Å²) in [5, 5.41) is 8.39. The number of hydrogen-bond donors (Lipinski definition) is 1. The molecule has 0 aliphatic carbocycles. The lowest BCUT2D eigenvalue weighted by molar-refractivity contribution is 0.0949. The van der Waals surface area contributed by atoms with Gasteiger partial charge in [-0.05, 0) is 49.6 Å². The van der Waals surface area contributed by atoms with Crippen LogP contribution >= 0.6 is 0 Å². The third-order valence-corrected chi connectivity index (χ3v) is 5.23. The topological polar surface area (TPSA) is 80.1 Å². The highest BCUT2D eigenvalue weighted by atomic mass is 16.1. The van der Waals surface area contributed by atoms with Gasteiger partial charge in [-0.25, -0.2) is 4.68 Å². The first-order valence-corrected chi connectivity index (χ1v) is 9.56. The summed E-state index contributed by atoms with van der Waals surface area (Å²) in [6.07, 6.45) is 4.91. The van der Waals surface area contributed by atoms with Crippen molar-refractivity contribution in [1.29, 1.82) is 0 Å². The maximum Gasteiger partial charge on any atom is 0.266 e. The van der Waals surface area contributed by atoms with E-state index in [9.17, 15) is 9.59 Å². The molecule has 0 radical (unpaired) electrons. The van der Waals surface area contributed by atoms with E-state index in [1.165, 1.54) is 10.7 Å². The third kappa shape index (κ3) is 3.74. The summed E-state index contributed by atoms with van der Waals surface area (Å²) in [7, 11) is 1.65. The molecule has 4 rings (SSSR count). The van der Waals surface area contributed by atoms with Gasteiger partial charge in [0.1, 0.15) is 5.82 Å². The van der Waals surface area contributed by atoms with Crippen LogP contribution < -0.4 is 15.8 Å². The number of hydrogen-bond acceptors (Lipinski definition) is 5. The van der Waals surface area contributed by atoms with Gasteiger partial charge in [-0.2, -0.15) is 5.10 Å². The van der Waals surface area contributed by atoms with Gasteiger partial charge >= 0.3 is 0 Å². The molecule has 0 spiro atoms. The number of amides is 1. The van der Waals surface area contributed by atoms with Crippen molar-refractivity contribution in [3.05, 3.63) is 64.6 Å². The molecule has 1 aromatic carbocycles. The Kier molecular flexibility index (Phi) is 5.06. The second-order valence-corrected chi connectivity index (χ2v) is 7.12. The van der Waals surface area contributed by atoms with Crippen LogP contribution in [0, 0.1) is 0 Å². The number of pyridine rings is 1. The standard InChI is InChI=1S/C21H23N5O2/c1-25-20(27)10-9-19(24-25)26-12-3-2-6-17(26)14-23-21(28)16-7-8-18-15(13-16)5-4-11-22-18/h4-5,7-11,13,17H,2-3,6,12,14H2,1H3,(H,23,28). The molecule has 1 fully saturated rings. The summed E-state index contributed by atoms with van der Waals surface area (Å²) in [4.78, 5) is 30.8. The number of nitrogens with one attached hydrogen (secondary N) is 1. The molecule has 1 aliphatic rings. The van der Waals surface area contributed by atoms with Crippen molar-refractivity contribution in [2.24, 2.45) is 7.05 Å². The van der Waals surface area contributed by atoms with Gasteiger partial charge in [0.15, 0.2) is 0 Å². The average molecular weight is 377 g/mol. The quantitative estimate of drug-likeness (QED) is 0.753. The van der Waals surface area contributed by atoms with Crippen LogP contribution in [-0.2, 0) is 7.05 Å². The van der Waals surface area contributed by atoms with Crippen molar-refractivity contribution < 1.29 is 4.79 Å². The lowest BCUT2D eigenvalue weighted by Gasteiger charge is -2.36. The lowest BCUT2D eigenvalue weighted by Crippen LogP contribution is -2.47. The van der Waals surface area contributed by atoms with Crippen LogP contribution in [-0.4, -0.2) is 39.8 Å². The molecular weight excluding hydrogens is 354 g/mol. The van der Waals surface area contributed by atoms with Crippen LogP contribution in [0.1, 0.15) is 29.6 Å². The number of benzene rings is 1. The average Bonchev–Trinajstić information content (AvgIpc) is 2.74. The second kappa shape index (κ2) is 7.80. The zero-order valence-electron chi connectivity index (χ0n) is 15.8. The van der Waals surface area contributed by atoms with Gasteiger partial charge in [-0.3, -0.25) is 14.6 Å². The maximum absolute atomic E-state index is 12.7. The zero-order chi connectivity index (χ0) is 19.5. The van der Waals surface area contributed by atoms with Gasteiger partial charge in [0.25, 0.3) is 11.5 Å². The van der Waals surface area contributed by atoms with Crippen LogP contribution in [0.15, 0.2) is 53.5 Å². The smallest absolute Gasteiger partial charge is 0.266 e. The summed E-state index contributed by atoms with van der Waals surface area (Å²) in [5.41, 5.74) is 1.37. The Labute approximate surface area is 163 Å².